The second kappa shape index (κ2) is 10.8. The fourth-order valence-electron chi connectivity index (χ4n) is 2.34. The Bertz CT molecular complexity index is 1180. The average molecular weight is 491 g/mol. The summed E-state index contributed by atoms with van der Waals surface area (Å²) < 4.78 is 24.0. The molecule has 3 amide bonds. The number of thiazole rings is 1. The van der Waals surface area contributed by atoms with Gasteiger partial charge in [0.05, 0.1) is 12.8 Å². The molecule has 0 saturated heterocycles. The molecule has 0 aliphatic rings. The van der Waals surface area contributed by atoms with Crippen LogP contribution in [0.15, 0.2) is 40.8 Å². The third-order valence-corrected chi connectivity index (χ3v) is 4.75. The number of anilines is 1. The minimum absolute atomic E-state index is 0.0426. The minimum Gasteiger partial charge on any atom is -0.465 e. The fraction of sp³-hybridized carbons (Fsp3) is 0.273. The smallest absolute Gasteiger partial charge is 0.412 e. The van der Waals surface area contributed by atoms with E-state index in [1.165, 1.54) is 24.4 Å². The number of carbonyl (C=O) groups excluding carboxylic acids is 4. The maximum Gasteiger partial charge on any atom is 0.412 e. The Hall–Kier alpha value is -3.93. The van der Waals surface area contributed by atoms with E-state index >= 15 is 0 Å². The van der Waals surface area contributed by atoms with Gasteiger partial charge < -0.3 is 14.8 Å². The van der Waals surface area contributed by atoms with Crippen molar-refractivity contribution < 1.29 is 33.0 Å². The van der Waals surface area contributed by atoms with Gasteiger partial charge in [-0.05, 0) is 45.9 Å². The number of hydrogen-bond acceptors (Lipinski definition) is 8. The van der Waals surface area contributed by atoms with Crippen LogP contribution in [-0.4, -0.2) is 47.3 Å². The summed E-state index contributed by atoms with van der Waals surface area (Å²) >= 11 is 1.07. The fourth-order valence-corrected chi connectivity index (χ4v) is 3.14. The molecule has 180 valence electrons. The maximum atomic E-state index is 14.5. The standard InChI is InChI=1S/C22H23FN4O6S/c1-11(17(28)25-12(2)20(30)32-6)24-18(29)16-10-34-19(26-16)13-7-8-15(14(23)9-13)27-21(31)33-22(3,4)5/h7-10H,1H2,2-6H3,(H,24,29)(H,27,31)/b25-12+. The number of amides is 3. The zero-order valence-corrected chi connectivity index (χ0v) is 20.0. The molecule has 0 fully saturated rings. The summed E-state index contributed by atoms with van der Waals surface area (Å²) in [5.41, 5.74) is -1.06. The maximum absolute atomic E-state index is 14.5. The van der Waals surface area contributed by atoms with E-state index in [4.69, 9.17) is 4.74 Å². The summed E-state index contributed by atoms with van der Waals surface area (Å²) in [6, 6.07) is 4.01. The molecule has 0 radical (unpaired) electrons. The number of hydrogen-bond donors (Lipinski definition) is 2. The number of esters is 1. The summed E-state index contributed by atoms with van der Waals surface area (Å²) in [4.78, 5) is 55.2. The third-order valence-electron chi connectivity index (χ3n) is 3.86. The molecule has 0 aliphatic heterocycles. The number of halogens is 1. The molecule has 2 rings (SSSR count). The summed E-state index contributed by atoms with van der Waals surface area (Å²) in [7, 11) is 1.14. The highest BCUT2D eigenvalue weighted by molar-refractivity contribution is 7.13. The molecule has 0 aliphatic carbocycles. The second-order valence-corrected chi connectivity index (χ2v) is 8.64. The number of benzene rings is 1. The minimum atomic E-state index is -0.929. The number of nitrogens with one attached hydrogen (secondary N) is 2. The van der Waals surface area contributed by atoms with Crippen molar-refractivity contribution in [2.75, 3.05) is 12.4 Å². The molecule has 2 aromatic rings. The molecular weight excluding hydrogens is 467 g/mol. The molecule has 0 unspecified atom stereocenters. The van der Waals surface area contributed by atoms with Crippen molar-refractivity contribution in [1.29, 1.82) is 0 Å². The van der Waals surface area contributed by atoms with Gasteiger partial charge in [-0.2, -0.15) is 0 Å². The lowest BCUT2D eigenvalue weighted by molar-refractivity contribution is -0.133. The van der Waals surface area contributed by atoms with Crippen molar-refractivity contribution >= 4 is 46.6 Å². The molecule has 1 aromatic carbocycles. The van der Waals surface area contributed by atoms with Crippen LogP contribution in [0.2, 0.25) is 0 Å². The van der Waals surface area contributed by atoms with E-state index in [1.807, 2.05) is 0 Å². The van der Waals surface area contributed by atoms with Gasteiger partial charge in [0, 0.05) is 10.9 Å². The van der Waals surface area contributed by atoms with Crippen molar-refractivity contribution in [1.82, 2.24) is 10.3 Å². The number of carbonyl (C=O) groups is 4. The Morgan fingerprint density at radius 1 is 1.21 bits per heavy atom. The Balaban J connectivity index is 2.08. The van der Waals surface area contributed by atoms with Crippen LogP contribution >= 0.6 is 11.3 Å². The summed E-state index contributed by atoms with van der Waals surface area (Å²) in [6.07, 6.45) is -0.798. The van der Waals surface area contributed by atoms with Gasteiger partial charge in [-0.3, -0.25) is 14.9 Å². The van der Waals surface area contributed by atoms with Crippen LogP contribution in [-0.2, 0) is 19.1 Å². The van der Waals surface area contributed by atoms with Crippen molar-refractivity contribution in [3.63, 3.8) is 0 Å². The van der Waals surface area contributed by atoms with Gasteiger partial charge in [0.25, 0.3) is 11.8 Å². The van der Waals surface area contributed by atoms with E-state index in [0.717, 1.165) is 24.5 Å². The van der Waals surface area contributed by atoms with Gasteiger partial charge in [0.2, 0.25) is 0 Å². The van der Waals surface area contributed by atoms with E-state index in [0.29, 0.717) is 10.6 Å². The quantitative estimate of drug-likeness (QED) is 0.358. The summed E-state index contributed by atoms with van der Waals surface area (Å²) in [5.74, 6) is -3.18. The molecule has 12 heteroatoms. The lowest BCUT2D eigenvalue weighted by atomic mass is 10.2. The first kappa shape index (κ1) is 26.3. The zero-order valence-electron chi connectivity index (χ0n) is 19.1. The van der Waals surface area contributed by atoms with Gasteiger partial charge in [0.15, 0.2) is 0 Å². The largest absolute Gasteiger partial charge is 0.465 e. The monoisotopic (exact) mass is 490 g/mol. The van der Waals surface area contributed by atoms with E-state index in [9.17, 15) is 23.6 Å². The van der Waals surface area contributed by atoms with Crippen LogP contribution in [0.5, 0.6) is 0 Å². The average Bonchev–Trinajstić information content (AvgIpc) is 3.23. The first-order valence-electron chi connectivity index (χ1n) is 9.74. The molecule has 10 nitrogen and oxygen atoms in total. The number of aromatic nitrogens is 1. The molecule has 0 saturated carbocycles. The molecule has 34 heavy (non-hydrogen) atoms. The third kappa shape index (κ3) is 7.30. The highest BCUT2D eigenvalue weighted by Gasteiger charge is 2.19. The zero-order chi connectivity index (χ0) is 25.6. The number of rotatable bonds is 6. The van der Waals surface area contributed by atoms with Crippen molar-refractivity contribution in [2.24, 2.45) is 4.99 Å². The van der Waals surface area contributed by atoms with Gasteiger partial charge in [-0.1, -0.05) is 6.58 Å². The first-order valence-corrected chi connectivity index (χ1v) is 10.6. The van der Waals surface area contributed by atoms with E-state index in [1.54, 1.807) is 20.8 Å². The van der Waals surface area contributed by atoms with Gasteiger partial charge in [0.1, 0.15) is 33.5 Å². The topological polar surface area (TPSA) is 136 Å². The normalized spacial score (nSPS) is 11.4. The van der Waals surface area contributed by atoms with E-state index in [2.05, 4.69) is 31.9 Å². The number of ether oxygens (including phenoxy) is 2. The number of aliphatic imine (C=N–C) groups is 1. The molecule has 2 N–H and O–H groups in total. The van der Waals surface area contributed by atoms with Crippen molar-refractivity contribution in [3.05, 3.63) is 47.4 Å². The van der Waals surface area contributed by atoms with Crippen LogP contribution in [0.3, 0.4) is 0 Å². The van der Waals surface area contributed by atoms with Crippen LogP contribution in [0.25, 0.3) is 10.6 Å². The Morgan fingerprint density at radius 3 is 2.47 bits per heavy atom. The Kier molecular flexibility index (Phi) is 8.36. The lowest BCUT2D eigenvalue weighted by Gasteiger charge is -2.19. The highest BCUT2D eigenvalue weighted by Crippen LogP contribution is 2.27. The van der Waals surface area contributed by atoms with Crippen LogP contribution in [0, 0.1) is 5.82 Å². The van der Waals surface area contributed by atoms with Crippen LogP contribution < -0.4 is 10.6 Å². The van der Waals surface area contributed by atoms with E-state index < -0.39 is 35.3 Å². The predicted molar refractivity (Wildman–Crippen MR) is 124 cm³/mol. The SMILES string of the molecule is C=C(NC(=O)c1csc(-c2ccc(NC(=O)OC(C)(C)C)c(F)c2)n1)C(=O)/N=C(\C)C(=O)OC. The Labute approximate surface area is 198 Å². The highest BCUT2D eigenvalue weighted by atomic mass is 32.1. The second-order valence-electron chi connectivity index (χ2n) is 7.79. The molecule has 1 heterocycles. The number of methoxy groups -OCH3 is 1. The first-order chi connectivity index (χ1) is 15.8. The lowest BCUT2D eigenvalue weighted by Crippen LogP contribution is -2.27. The molecule has 0 spiro atoms. The van der Waals surface area contributed by atoms with Crippen molar-refractivity contribution in [3.8, 4) is 10.6 Å². The Morgan fingerprint density at radius 2 is 1.88 bits per heavy atom. The van der Waals surface area contributed by atoms with Crippen LogP contribution in [0.4, 0.5) is 14.9 Å². The molecule has 0 atom stereocenters. The predicted octanol–water partition coefficient (Wildman–Crippen LogP) is 3.70. The van der Waals surface area contributed by atoms with Gasteiger partial charge in [-0.15, -0.1) is 11.3 Å². The molecular formula is C22H23FN4O6S. The van der Waals surface area contributed by atoms with Gasteiger partial charge >= 0.3 is 12.1 Å². The number of nitrogens with zero attached hydrogens (tertiary/aromatic N) is 2. The molecule has 1 aromatic heterocycles. The van der Waals surface area contributed by atoms with E-state index in [-0.39, 0.29) is 22.8 Å². The summed E-state index contributed by atoms with van der Waals surface area (Å²) in [6.45, 7) is 9.76. The van der Waals surface area contributed by atoms with Gasteiger partial charge in [-0.25, -0.2) is 24.0 Å². The van der Waals surface area contributed by atoms with Crippen LogP contribution in [0.1, 0.15) is 38.2 Å². The summed E-state index contributed by atoms with van der Waals surface area (Å²) in [5, 5.41) is 6.31. The van der Waals surface area contributed by atoms with Crippen molar-refractivity contribution in [2.45, 2.75) is 33.3 Å². The molecule has 0 bridgehead atoms.